The topological polar surface area (TPSA) is 102 Å². The van der Waals surface area contributed by atoms with Crippen LogP contribution in [0.1, 0.15) is 52.9 Å². The quantitative estimate of drug-likeness (QED) is 0.539. The van der Waals surface area contributed by atoms with Gasteiger partial charge in [0.15, 0.2) is 0 Å². The van der Waals surface area contributed by atoms with Gasteiger partial charge in [-0.3, -0.25) is 0 Å². The molecule has 2 N–H and O–H groups in total. The molecule has 2 fully saturated rings. The fourth-order valence-corrected chi connectivity index (χ4v) is 4.58. The number of methoxy groups -OCH3 is 1. The molecule has 3 heterocycles. The Morgan fingerprint density at radius 3 is 2.47 bits per heavy atom. The molecule has 0 aliphatic carbocycles. The second-order valence-electron chi connectivity index (χ2n) is 9.06. The third-order valence-corrected chi connectivity index (χ3v) is 6.34. The van der Waals surface area contributed by atoms with Crippen molar-refractivity contribution in [2.45, 2.75) is 83.6 Å². The van der Waals surface area contributed by atoms with Crippen molar-refractivity contribution in [1.29, 1.82) is 0 Å². The van der Waals surface area contributed by atoms with Crippen molar-refractivity contribution < 1.29 is 28.8 Å². The van der Waals surface area contributed by atoms with Crippen molar-refractivity contribution in [3.05, 3.63) is 45.5 Å². The van der Waals surface area contributed by atoms with E-state index in [1.807, 2.05) is 26.8 Å². The number of ether oxygens (including phenoxy) is 3. The Balaban J connectivity index is 1.88. The highest BCUT2D eigenvalue weighted by molar-refractivity contribution is 5.65. The number of allylic oxidation sites excluding steroid dienone is 1. The summed E-state index contributed by atoms with van der Waals surface area (Å²) in [5.74, 6) is 0.702. The SMILES string of the molecule is COc1cc(=O)oc(/C(C)=C/[C@](C)(O)[C@H](O)/C(C)=C/[C@]2(C)O[C@H](C)[C@]3(C)O[C@@H]32)c1C. The number of hydrogen-bond donors (Lipinski definition) is 2. The van der Waals surface area contributed by atoms with Gasteiger partial charge in [0, 0.05) is 5.56 Å². The van der Waals surface area contributed by atoms with Crippen molar-refractivity contribution >= 4 is 5.57 Å². The molecule has 166 valence electrons. The molecule has 1 aromatic rings. The molecule has 0 bridgehead atoms. The highest BCUT2D eigenvalue weighted by atomic mass is 16.7. The van der Waals surface area contributed by atoms with Crippen LogP contribution in [0.4, 0.5) is 0 Å². The molecule has 3 rings (SSSR count). The van der Waals surface area contributed by atoms with Crippen LogP contribution in [0.25, 0.3) is 5.57 Å². The molecule has 30 heavy (non-hydrogen) atoms. The van der Waals surface area contributed by atoms with E-state index in [1.54, 1.807) is 20.8 Å². The molecule has 7 nitrogen and oxygen atoms in total. The summed E-state index contributed by atoms with van der Waals surface area (Å²) in [6.45, 7) is 12.6. The van der Waals surface area contributed by atoms with Gasteiger partial charge in [-0.15, -0.1) is 0 Å². The van der Waals surface area contributed by atoms with Crippen molar-refractivity contribution in [2.24, 2.45) is 0 Å². The first-order chi connectivity index (χ1) is 13.7. The largest absolute Gasteiger partial charge is 0.496 e. The molecule has 0 unspecified atom stereocenters. The smallest absolute Gasteiger partial charge is 0.339 e. The fraction of sp³-hybridized carbons (Fsp3) is 0.609. The van der Waals surface area contributed by atoms with Gasteiger partial charge in [-0.25, -0.2) is 4.79 Å². The molecule has 0 aromatic carbocycles. The summed E-state index contributed by atoms with van der Waals surface area (Å²) >= 11 is 0. The van der Waals surface area contributed by atoms with E-state index in [4.69, 9.17) is 18.6 Å². The Labute approximate surface area is 177 Å². The van der Waals surface area contributed by atoms with E-state index in [1.165, 1.54) is 26.2 Å². The standard InChI is InChI=1S/C23H32O7/c1-12(18-14(3)16(27-8)9-17(24)28-18)10-21(5,26)19(25)13(2)11-22(6)20-23(7,30-20)15(4)29-22/h9-11,15,19-20,25-26H,1-8H3/b12-10+,13-11+/t15-,19-,20-,21+,22+,23+/m1/s1. The summed E-state index contributed by atoms with van der Waals surface area (Å²) < 4.78 is 22.4. The predicted molar refractivity (Wildman–Crippen MR) is 113 cm³/mol. The number of aliphatic hydroxyl groups is 2. The lowest BCUT2D eigenvalue weighted by Crippen LogP contribution is -2.40. The fourth-order valence-electron chi connectivity index (χ4n) is 4.58. The first-order valence-electron chi connectivity index (χ1n) is 10.1. The lowest BCUT2D eigenvalue weighted by atomic mass is 9.87. The molecule has 0 saturated carbocycles. The van der Waals surface area contributed by atoms with E-state index in [2.05, 4.69) is 0 Å². The third-order valence-electron chi connectivity index (χ3n) is 6.34. The molecule has 2 saturated heterocycles. The number of hydrogen-bond acceptors (Lipinski definition) is 7. The van der Waals surface area contributed by atoms with Gasteiger partial charge in [-0.05, 0) is 71.8 Å². The summed E-state index contributed by atoms with van der Waals surface area (Å²) in [5.41, 5.74) is -1.45. The van der Waals surface area contributed by atoms with Gasteiger partial charge in [-0.1, -0.05) is 0 Å². The molecular weight excluding hydrogens is 388 g/mol. The number of epoxide rings is 1. The van der Waals surface area contributed by atoms with Crippen LogP contribution < -0.4 is 10.4 Å². The monoisotopic (exact) mass is 420 g/mol. The molecule has 6 atom stereocenters. The van der Waals surface area contributed by atoms with E-state index in [-0.39, 0.29) is 17.8 Å². The van der Waals surface area contributed by atoms with Crippen molar-refractivity contribution in [1.82, 2.24) is 0 Å². The normalized spacial score (nSPS) is 34.3. The van der Waals surface area contributed by atoms with Crippen molar-refractivity contribution in [2.75, 3.05) is 7.11 Å². The van der Waals surface area contributed by atoms with Crippen LogP contribution >= 0.6 is 0 Å². The van der Waals surface area contributed by atoms with E-state index in [0.29, 0.717) is 28.2 Å². The Kier molecular flexibility index (Phi) is 5.56. The van der Waals surface area contributed by atoms with Crippen LogP contribution in [0.5, 0.6) is 5.75 Å². The maximum atomic E-state index is 11.8. The third kappa shape index (κ3) is 3.75. The van der Waals surface area contributed by atoms with Crippen LogP contribution in [0.3, 0.4) is 0 Å². The van der Waals surface area contributed by atoms with Crippen molar-refractivity contribution in [3.8, 4) is 5.75 Å². The molecule has 0 spiro atoms. The van der Waals surface area contributed by atoms with Gasteiger partial charge in [0.25, 0.3) is 0 Å². The molecule has 2 aliphatic heterocycles. The minimum atomic E-state index is -1.62. The van der Waals surface area contributed by atoms with Crippen LogP contribution in [0.15, 0.2) is 33.0 Å². The molecule has 0 radical (unpaired) electrons. The molecule has 1 aromatic heterocycles. The van der Waals surface area contributed by atoms with Crippen LogP contribution in [-0.4, -0.2) is 52.4 Å². The van der Waals surface area contributed by atoms with Crippen LogP contribution in [-0.2, 0) is 9.47 Å². The number of aliphatic hydroxyl groups excluding tert-OH is 1. The minimum absolute atomic E-state index is 0.0599. The van der Waals surface area contributed by atoms with E-state index >= 15 is 0 Å². The lowest BCUT2D eigenvalue weighted by molar-refractivity contribution is -0.0735. The Hall–Kier alpha value is -1.93. The summed E-state index contributed by atoms with van der Waals surface area (Å²) in [6, 6.07) is 1.27. The summed E-state index contributed by atoms with van der Waals surface area (Å²) in [5, 5.41) is 21.9. The second kappa shape index (κ2) is 7.34. The van der Waals surface area contributed by atoms with Crippen LogP contribution in [0, 0.1) is 6.92 Å². The zero-order valence-corrected chi connectivity index (χ0v) is 18.9. The Morgan fingerprint density at radius 2 is 1.97 bits per heavy atom. The Morgan fingerprint density at radius 1 is 1.33 bits per heavy atom. The summed E-state index contributed by atoms with van der Waals surface area (Å²) in [7, 11) is 1.47. The molecule has 0 amide bonds. The van der Waals surface area contributed by atoms with Gasteiger partial charge in [0.2, 0.25) is 0 Å². The highest BCUT2D eigenvalue weighted by Gasteiger charge is 2.71. The van der Waals surface area contributed by atoms with Crippen LogP contribution in [0.2, 0.25) is 0 Å². The average Bonchev–Trinajstić information content (AvgIpc) is 3.31. The first-order valence-corrected chi connectivity index (χ1v) is 10.1. The maximum Gasteiger partial charge on any atom is 0.339 e. The predicted octanol–water partition coefficient (Wildman–Crippen LogP) is 2.75. The maximum absolute atomic E-state index is 11.8. The van der Waals surface area contributed by atoms with E-state index in [0.717, 1.165) is 0 Å². The highest BCUT2D eigenvalue weighted by Crippen LogP contribution is 2.55. The Bertz CT molecular complexity index is 957. The van der Waals surface area contributed by atoms with Gasteiger partial charge < -0.3 is 28.8 Å². The van der Waals surface area contributed by atoms with E-state index in [9.17, 15) is 15.0 Å². The summed E-state index contributed by atoms with van der Waals surface area (Å²) in [6.07, 6.45) is 1.96. The van der Waals surface area contributed by atoms with Gasteiger partial charge in [-0.2, -0.15) is 0 Å². The molecular formula is C23H32O7. The van der Waals surface area contributed by atoms with Gasteiger partial charge >= 0.3 is 5.63 Å². The van der Waals surface area contributed by atoms with E-state index < -0.39 is 22.9 Å². The zero-order valence-electron chi connectivity index (χ0n) is 18.9. The summed E-state index contributed by atoms with van der Waals surface area (Å²) in [4.78, 5) is 11.8. The van der Waals surface area contributed by atoms with Gasteiger partial charge in [0.1, 0.15) is 40.5 Å². The molecule has 7 heteroatoms. The lowest BCUT2D eigenvalue weighted by Gasteiger charge is -2.30. The molecule has 2 aliphatic rings. The van der Waals surface area contributed by atoms with Gasteiger partial charge in [0.05, 0.1) is 19.3 Å². The second-order valence-corrected chi connectivity index (χ2v) is 9.06. The van der Waals surface area contributed by atoms with Crippen molar-refractivity contribution in [3.63, 3.8) is 0 Å². The first kappa shape index (κ1) is 22.7. The minimum Gasteiger partial charge on any atom is -0.496 e. The number of rotatable bonds is 6. The zero-order chi connectivity index (χ0) is 22.6. The number of fused-ring (bicyclic) bond motifs is 1. The average molecular weight is 421 g/mol.